The van der Waals surface area contributed by atoms with Crippen LogP contribution in [-0.2, 0) is 24.5 Å². The van der Waals surface area contributed by atoms with E-state index < -0.39 is 0 Å². The van der Waals surface area contributed by atoms with Crippen LogP contribution < -0.4 is 19.5 Å². The Morgan fingerprint density at radius 1 is 0.857 bits per heavy atom. The van der Waals surface area contributed by atoms with Crippen LogP contribution in [0.5, 0.6) is 17.2 Å². The maximum absolute atomic E-state index is 12.7. The summed E-state index contributed by atoms with van der Waals surface area (Å²) in [5.74, 6) is 2.51. The highest BCUT2D eigenvalue weighted by Gasteiger charge is 2.25. The summed E-state index contributed by atoms with van der Waals surface area (Å²) in [6, 6.07) is 24.0. The Morgan fingerprint density at radius 2 is 1.57 bits per heavy atom. The molecule has 3 aromatic carbocycles. The number of nitrogens with one attached hydrogen (secondary N) is 1. The van der Waals surface area contributed by atoms with Crippen LogP contribution in [0.15, 0.2) is 72.8 Å². The number of nitrogens with zero attached hydrogens (tertiary/aromatic N) is 1. The van der Waals surface area contributed by atoms with Crippen molar-refractivity contribution in [1.82, 2.24) is 10.2 Å². The average molecular weight is 475 g/mol. The monoisotopic (exact) mass is 474 g/mol. The van der Waals surface area contributed by atoms with Crippen LogP contribution >= 0.6 is 0 Å². The van der Waals surface area contributed by atoms with Gasteiger partial charge in [-0.2, -0.15) is 0 Å². The first-order valence-electron chi connectivity index (χ1n) is 12.1. The van der Waals surface area contributed by atoms with E-state index in [-0.39, 0.29) is 11.8 Å². The van der Waals surface area contributed by atoms with E-state index in [0.717, 1.165) is 60.9 Å². The van der Waals surface area contributed by atoms with E-state index in [1.165, 1.54) is 5.56 Å². The second-order valence-corrected chi connectivity index (χ2v) is 8.88. The van der Waals surface area contributed by atoms with Crippen LogP contribution in [0.4, 0.5) is 0 Å². The summed E-state index contributed by atoms with van der Waals surface area (Å²) < 4.78 is 16.7. The number of benzene rings is 3. The molecule has 1 aliphatic heterocycles. The molecule has 6 nitrogen and oxygen atoms in total. The lowest BCUT2D eigenvalue weighted by Crippen LogP contribution is -2.40. The summed E-state index contributed by atoms with van der Waals surface area (Å²) in [7, 11) is 3.32. The van der Waals surface area contributed by atoms with Gasteiger partial charge in [-0.25, -0.2) is 0 Å². The summed E-state index contributed by atoms with van der Waals surface area (Å²) in [6.07, 6.45) is 1.73. The summed E-state index contributed by atoms with van der Waals surface area (Å²) in [4.78, 5) is 15.1. The first-order chi connectivity index (χ1) is 17.1. The zero-order chi connectivity index (χ0) is 24.5. The highest BCUT2D eigenvalue weighted by Crippen LogP contribution is 2.30. The van der Waals surface area contributed by atoms with Crippen LogP contribution in [0.3, 0.4) is 0 Å². The maximum Gasteiger partial charge on any atom is 0.223 e. The molecule has 0 aromatic heterocycles. The number of piperidine rings is 1. The van der Waals surface area contributed by atoms with Gasteiger partial charge in [0.15, 0.2) is 11.5 Å². The molecule has 0 bridgehead atoms. The minimum atomic E-state index is 0.0628. The standard InChI is InChI=1S/C29H34N2O4/c1-33-26-11-8-22(9-12-26)19-30-29(32)25-14-16-31(17-15-25)20-24-10-13-27(28(18-24)34-2)35-21-23-6-4-3-5-7-23/h3-13,18,25H,14-17,19-21H2,1-2H3,(H,30,32). The molecule has 4 rings (SSSR count). The van der Waals surface area contributed by atoms with Crippen LogP contribution in [0.2, 0.25) is 0 Å². The van der Waals surface area contributed by atoms with Crippen molar-refractivity contribution in [2.24, 2.45) is 5.92 Å². The Balaban J connectivity index is 1.23. The summed E-state index contributed by atoms with van der Waals surface area (Å²) in [6.45, 7) is 3.67. The number of carbonyl (C=O) groups is 1. The molecule has 0 unspecified atom stereocenters. The molecule has 1 amide bonds. The van der Waals surface area contributed by atoms with Gasteiger partial charge in [0, 0.05) is 19.0 Å². The third kappa shape index (κ3) is 6.99. The second kappa shape index (κ2) is 12.3. The van der Waals surface area contributed by atoms with Crippen molar-refractivity contribution in [2.45, 2.75) is 32.5 Å². The number of amides is 1. The zero-order valence-electron chi connectivity index (χ0n) is 20.5. The molecule has 0 saturated carbocycles. The van der Waals surface area contributed by atoms with E-state index in [4.69, 9.17) is 14.2 Å². The quantitative estimate of drug-likeness (QED) is 0.457. The lowest BCUT2D eigenvalue weighted by molar-refractivity contribution is -0.126. The Hall–Kier alpha value is -3.51. The predicted molar refractivity (Wildman–Crippen MR) is 137 cm³/mol. The number of ether oxygens (including phenoxy) is 3. The molecule has 0 atom stereocenters. The molecular formula is C29H34N2O4. The van der Waals surface area contributed by atoms with Gasteiger partial charge >= 0.3 is 0 Å². The minimum absolute atomic E-state index is 0.0628. The first kappa shape index (κ1) is 24.6. The minimum Gasteiger partial charge on any atom is -0.497 e. The van der Waals surface area contributed by atoms with Gasteiger partial charge in [-0.05, 0) is 66.9 Å². The van der Waals surface area contributed by atoms with Gasteiger partial charge in [0.2, 0.25) is 5.91 Å². The molecule has 35 heavy (non-hydrogen) atoms. The molecule has 1 heterocycles. The molecule has 6 heteroatoms. The van der Waals surface area contributed by atoms with E-state index >= 15 is 0 Å². The topological polar surface area (TPSA) is 60.0 Å². The molecule has 1 saturated heterocycles. The van der Waals surface area contributed by atoms with Crippen molar-refractivity contribution in [3.63, 3.8) is 0 Å². The van der Waals surface area contributed by atoms with E-state index in [1.807, 2.05) is 66.7 Å². The van der Waals surface area contributed by atoms with E-state index in [1.54, 1.807) is 14.2 Å². The van der Waals surface area contributed by atoms with Crippen molar-refractivity contribution >= 4 is 5.91 Å². The van der Waals surface area contributed by atoms with Crippen LogP contribution in [0.25, 0.3) is 0 Å². The van der Waals surface area contributed by atoms with Crippen LogP contribution in [0.1, 0.15) is 29.5 Å². The van der Waals surface area contributed by atoms with Gasteiger partial charge in [-0.3, -0.25) is 9.69 Å². The fourth-order valence-electron chi connectivity index (χ4n) is 4.35. The predicted octanol–water partition coefficient (Wildman–Crippen LogP) is 4.81. The highest BCUT2D eigenvalue weighted by molar-refractivity contribution is 5.78. The number of hydrogen-bond acceptors (Lipinski definition) is 5. The Kier molecular flexibility index (Phi) is 8.63. The smallest absolute Gasteiger partial charge is 0.223 e. The van der Waals surface area contributed by atoms with Crippen molar-refractivity contribution in [2.75, 3.05) is 27.3 Å². The summed E-state index contributed by atoms with van der Waals surface area (Å²) in [5, 5.41) is 3.09. The van der Waals surface area contributed by atoms with Crippen molar-refractivity contribution in [1.29, 1.82) is 0 Å². The molecular weight excluding hydrogens is 440 g/mol. The van der Waals surface area contributed by atoms with E-state index in [9.17, 15) is 4.79 Å². The maximum atomic E-state index is 12.7. The second-order valence-electron chi connectivity index (χ2n) is 8.88. The molecule has 1 fully saturated rings. The molecule has 1 aliphatic rings. The SMILES string of the molecule is COc1ccc(CNC(=O)C2CCN(Cc3ccc(OCc4ccccc4)c(OC)c3)CC2)cc1. The number of methoxy groups -OCH3 is 2. The average Bonchev–Trinajstić information content (AvgIpc) is 2.92. The summed E-state index contributed by atoms with van der Waals surface area (Å²) in [5.41, 5.74) is 3.37. The Morgan fingerprint density at radius 3 is 2.26 bits per heavy atom. The van der Waals surface area contributed by atoms with Gasteiger partial charge in [0.25, 0.3) is 0 Å². The summed E-state index contributed by atoms with van der Waals surface area (Å²) >= 11 is 0. The van der Waals surface area contributed by atoms with Crippen molar-refractivity contribution in [3.05, 3.63) is 89.5 Å². The highest BCUT2D eigenvalue weighted by atomic mass is 16.5. The first-order valence-corrected chi connectivity index (χ1v) is 12.1. The van der Waals surface area contributed by atoms with Gasteiger partial charge in [-0.1, -0.05) is 48.5 Å². The molecule has 0 aliphatic carbocycles. The molecule has 0 radical (unpaired) electrons. The number of likely N-dealkylation sites (tertiary alicyclic amines) is 1. The molecule has 1 N–H and O–H groups in total. The number of hydrogen-bond donors (Lipinski definition) is 1. The lowest BCUT2D eigenvalue weighted by Gasteiger charge is -2.31. The van der Waals surface area contributed by atoms with Crippen LogP contribution in [0, 0.1) is 5.92 Å². The largest absolute Gasteiger partial charge is 0.497 e. The van der Waals surface area contributed by atoms with Gasteiger partial charge in [-0.15, -0.1) is 0 Å². The Bertz CT molecular complexity index is 1080. The van der Waals surface area contributed by atoms with Gasteiger partial charge < -0.3 is 19.5 Å². The lowest BCUT2D eigenvalue weighted by atomic mass is 9.95. The van der Waals surface area contributed by atoms with E-state index in [0.29, 0.717) is 13.2 Å². The fraction of sp³-hybridized carbons (Fsp3) is 0.345. The van der Waals surface area contributed by atoms with Crippen molar-refractivity contribution in [3.8, 4) is 17.2 Å². The van der Waals surface area contributed by atoms with Crippen LogP contribution in [-0.4, -0.2) is 38.1 Å². The number of carbonyl (C=O) groups excluding carboxylic acids is 1. The van der Waals surface area contributed by atoms with Gasteiger partial charge in [0.05, 0.1) is 14.2 Å². The fourth-order valence-corrected chi connectivity index (χ4v) is 4.35. The molecule has 0 spiro atoms. The molecule has 3 aromatic rings. The normalized spacial score (nSPS) is 14.3. The third-order valence-corrected chi connectivity index (χ3v) is 6.46. The Labute approximate surface area is 207 Å². The van der Waals surface area contributed by atoms with Crippen molar-refractivity contribution < 1.29 is 19.0 Å². The third-order valence-electron chi connectivity index (χ3n) is 6.46. The molecule has 184 valence electrons. The van der Waals surface area contributed by atoms with Gasteiger partial charge in [0.1, 0.15) is 12.4 Å². The number of rotatable bonds is 10. The zero-order valence-corrected chi connectivity index (χ0v) is 20.5. The van der Waals surface area contributed by atoms with E-state index in [2.05, 4.69) is 16.3 Å².